The highest BCUT2D eigenvalue weighted by Gasteiger charge is 2.29. The van der Waals surface area contributed by atoms with Gasteiger partial charge in [-0.15, -0.1) is 6.42 Å². The molecule has 142 valence electrons. The molecule has 1 heterocycles. The molecule has 1 aliphatic heterocycles. The molecule has 0 saturated carbocycles. The van der Waals surface area contributed by atoms with Gasteiger partial charge in [0, 0.05) is 0 Å². The molecule has 0 aromatic heterocycles. The Kier molecular flexibility index (Phi) is 5.51. The quantitative estimate of drug-likeness (QED) is 0.584. The van der Waals surface area contributed by atoms with Crippen LogP contribution in [0.3, 0.4) is 0 Å². The Morgan fingerprint density at radius 1 is 1.14 bits per heavy atom. The maximum atomic E-state index is 13.0. The standard InChI is InChI=1S/C23H22N2O3/c1-6-11-28-21-10-8-18(14-22(21)27-5)13-19-17(4)24-25(23(19)26)20-9-7-15(2)12-16(20)3/h1,7-10,12-14H,11H2,2-5H3/b19-13+. The Bertz CT molecular complexity index is 1030. The topological polar surface area (TPSA) is 51.1 Å². The number of nitrogens with zero attached hydrogens (tertiary/aromatic N) is 2. The van der Waals surface area contributed by atoms with Gasteiger partial charge in [0.1, 0.15) is 6.61 Å². The molecule has 0 fully saturated rings. The van der Waals surface area contributed by atoms with E-state index in [-0.39, 0.29) is 12.5 Å². The zero-order valence-electron chi connectivity index (χ0n) is 16.4. The van der Waals surface area contributed by atoms with Crippen LogP contribution in [0, 0.1) is 26.2 Å². The summed E-state index contributed by atoms with van der Waals surface area (Å²) in [5, 5.41) is 5.92. The summed E-state index contributed by atoms with van der Waals surface area (Å²) in [6, 6.07) is 11.4. The minimum atomic E-state index is -0.156. The third-order valence-corrected chi connectivity index (χ3v) is 4.45. The van der Waals surface area contributed by atoms with Crippen LogP contribution in [-0.4, -0.2) is 25.3 Å². The molecular weight excluding hydrogens is 352 g/mol. The van der Waals surface area contributed by atoms with Crippen molar-refractivity contribution in [3.63, 3.8) is 0 Å². The fraction of sp³-hybridized carbons (Fsp3) is 0.217. The fourth-order valence-corrected chi connectivity index (χ4v) is 3.07. The molecule has 0 bridgehead atoms. The number of methoxy groups -OCH3 is 1. The van der Waals surface area contributed by atoms with Crippen molar-refractivity contribution in [1.82, 2.24) is 0 Å². The second kappa shape index (κ2) is 8.01. The number of anilines is 1. The lowest BCUT2D eigenvalue weighted by molar-refractivity contribution is -0.114. The third-order valence-electron chi connectivity index (χ3n) is 4.45. The first-order chi connectivity index (χ1) is 13.4. The van der Waals surface area contributed by atoms with Crippen molar-refractivity contribution in [2.45, 2.75) is 20.8 Å². The summed E-state index contributed by atoms with van der Waals surface area (Å²) in [6.07, 6.45) is 7.04. The normalized spacial score (nSPS) is 14.8. The van der Waals surface area contributed by atoms with Gasteiger partial charge in [0.25, 0.3) is 5.91 Å². The number of rotatable bonds is 5. The molecule has 5 heteroatoms. The first-order valence-corrected chi connectivity index (χ1v) is 8.88. The highest BCUT2D eigenvalue weighted by Crippen LogP contribution is 2.31. The predicted molar refractivity (Wildman–Crippen MR) is 112 cm³/mol. The van der Waals surface area contributed by atoms with Crippen LogP contribution in [-0.2, 0) is 4.79 Å². The average molecular weight is 374 g/mol. The summed E-state index contributed by atoms with van der Waals surface area (Å²) in [4.78, 5) is 13.0. The van der Waals surface area contributed by atoms with E-state index in [0.717, 1.165) is 22.4 Å². The lowest BCUT2D eigenvalue weighted by atomic mass is 10.1. The monoisotopic (exact) mass is 374 g/mol. The van der Waals surface area contributed by atoms with Crippen molar-refractivity contribution in [2.24, 2.45) is 5.10 Å². The number of ether oxygens (including phenoxy) is 2. The highest BCUT2D eigenvalue weighted by molar-refractivity contribution is 6.32. The van der Waals surface area contributed by atoms with Crippen LogP contribution in [0.15, 0.2) is 47.1 Å². The van der Waals surface area contributed by atoms with Crippen LogP contribution < -0.4 is 14.5 Å². The van der Waals surface area contributed by atoms with Crippen molar-refractivity contribution in [2.75, 3.05) is 18.7 Å². The summed E-state index contributed by atoms with van der Waals surface area (Å²) < 4.78 is 10.8. The van der Waals surface area contributed by atoms with E-state index in [0.29, 0.717) is 22.8 Å². The van der Waals surface area contributed by atoms with Crippen LogP contribution >= 0.6 is 0 Å². The number of benzene rings is 2. The molecule has 3 rings (SSSR count). The molecule has 0 radical (unpaired) electrons. The fourth-order valence-electron chi connectivity index (χ4n) is 3.07. The van der Waals surface area contributed by atoms with Gasteiger partial charge in [-0.2, -0.15) is 10.1 Å². The molecular formula is C23H22N2O3. The van der Waals surface area contributed by atoms with Crippen LogP contribution in [0.2, 0.25) is 0 Å². The van der Waals surface area contributed by atoms with Gasteiger partial charge in [-0.05, 0) is 56.2 Å². The van der Waals surface area contributed by atoms with Crippen LogP contribution in [0.5, 0.6) is 11.5 Å². The zero-order valence-corrected chi connectivity index (χ0v) is 16.4. The molecule has 1 aliphatic rings. The molecule has 0 atom stereocenters. The molecule has 2 aromatic rings. The maximum absolute atomic E-state index is 13.0. The lowest BCUT2D eigenvalue weighted by Crippen LogP contribution is -2.22. The summed E-state index contributed by atoms with van der Waals surface area (Å²) in [7, 11) is 1.56. The van der Waals surface area contributed by atoms with E-state index in [1.165, 1.54) is 5.01 Å². The maximum Gasteiger partial charge on any atom is 0.280 e. The zero-order chi connectivity index (χ0) is 20.3. The van der Waals surface area contributed by atoms with Crippen LogP contribution in [0.4, 0.5) is 5.69 Å². The van der Waals surface area contributed by atoms with E-state index in [1.807, 2.05) is 45.0 Å². The summed E-state index contributed by atoms with van der Waals surface area (Å²) in [6.45, 7) is 5.98. The van der Waals surface area contributed by atoms with Gasteiger partial charge >= 0.3 is 0 Å². The molecule has 0 unspecified atom stereocenters. The smallest absolute Gasteiger partial charge is 0.280 e. The van der Waals surface area contributed by atoms with Crippen molar-refractivity contribution >= 4 is 23.4 Å². The number of hydrazone groups is 1. The second-order valence-electron chi connectivity index (χ2n) is 6.55. The minimum absolute atomic E-state index is 0.156. The molecule has 2 aromatic carbocycles. The Morgan fingerprint density at radius 2 is 1.93 bits per heavy atom. The van der Waals surface area contributed by atoms with Gasteiger partial charge < -0.3 is 9.47 Å². The van der Waals surface area contributed by atoms with E-state index in [4.69, 9.17) is 15.9 Å². The van der Waals surface area contributed by atoms with Gasteiger partial charge in [-0.25, -0.2) is 0 Å². The van der Waals surface area contributed by atoms with E-state index >= 15 is 0 Å². The number of hydrogen-bond donors (Lipinski definition) is 0. The van der Waals surface area contributed by atoms with Crippen molar-refractivity contribution < 1.29 is 14.3 Å². The highest BCUT2D eigenvalue weighted by atomic mass is 16.5. The molecule has 0 spiro atoms. The number of amides is 1. The molecule has 0 saturated heterocycles. The van der Waals surface area contributed by atoms with Gasteiger partial charge in [0.2, 0.25) is 0 Å². The van der Waals surface area contributed by atoms with Gasteiger partial charge in [-0.3, -0.25) is 4.79 Å². The van der Waals surface area contributed by atoms with Crippen molar-refractivity contribution in [3.8, 4) is 23.8 Å². The third kappa shape index (κ3) is 3.77. The number of aryl methyl sites for hydroxylation is 2. The lowest BCUT2D eigenvalue weighted by Gasteiger charge is -2.15. The average Bonchev–Trinajstić information content (AvgIpc) is 2.95. The number of hydrogen-bond acceptors (Lipinski definition) is 4. The summed E-state index contributed by atoms with van der Waals surface area (Å²) in [5.74, 6) is 3.38. The van der Waals surface area contributed by atoms with E-state index in [9.17, 15) is 4.79 Å². The largest absolute Gasteiger partial charge is 0.493 e. The van der Waals surface area contributed by atoms with E-state index in [2.05, 4.69) is 11.0 Å². The Hall–Kier alpha value is -3.52. The molecule has 0 aliphatic carbocycles. The first kappa shape index (κ1) is 19.2. The first-order valence-electron chi connectivity index (χ1n) is 8.88. The predicted octanol–water partition coefficient (Wildman–Crippen LogP) is 4.13. The SMILES string of the molecule is C#CCOc1ccc(/C=C2/C(=O)N(c3ccc(C)cc3C)N=C2C)cc1OC. The Morgan fingerprint density at radius 3 is 2.61 bits per heavy atom. The Labute approximate surface area is 165 Å². The molecule has 28 heavy (non-hydrogen) atoms. The van der Waals surface area contributed by atoms with E-state index in [1.54, 1.807) is 25.3 Å². The van der Waals surface area contributed by atoms with Gasteiger partial charge in [-0.1, -0.05) is 29.7 Å². The molecule has 1 amide bonds. The number of terminal acetylenes is 1. The molecule has 5 nitrogen and oxygen atoms in total. The van der Waals surface area contributed by atoms with Crippen LogP contribution in [0.1, 0.15) is 23.6 Å². The molecule has 0 N–H and O–H groups in total. The van der Waals surface area contributed by atoms with Crippen LogP contribution in [0.25, 0.3) is 6.08 Å². The van der Waals surface area contributed by atoms with Gasteiger partial charge in [0.15, 0.2) is 11.5 Å². The van der Waals surface area contributed by atoms with E-state index < -0.39 is 0 Å². The number of carbonyl (C=O) groups is 1. The van der Waals surface area contributed by atoms with Gasteiger partial charge in [0.05, 0.1) is 24.1 Å². The summed E-state index contributed by atoms with van der Waals surface area (Å²) in [5.41, 5.74) is 4.95. The second-order valence-corrected chi connectivity index (χ2v) is 6.55. The van der Waals surface area contributed by atoms with Crippen molar-refractivity contribution in [3.05, 3.63) is 58.7 Å². The Balaban J connectivity index is 1.92. The van der Waals surface area contributed by atoms with Crippen molar-refractivity contribution in [1.29, 1.82) is 0 Å². The summed E-state index contributed by atoms with van der Waals surface area (Å²) >= 11 is 0. The number of carbonyl (C=O) groups excluding carboxylic acids is 1. The minimum Gasteiger partial charge on any atom is -0.493 e.